The molecule has 3 aliphatic heterocycles. The molecule has 0 amide bonds. The maximum atomic E-state index is 9.36. The van der Waals surface area contributed by atoms with Gasteiger partial charge in [-0.2, -0.15) is 5.26 Å². The topological polar surface area (TPSA) is 69.2 Å². The summed E-state index contributed by atoms with van der Waals surface area (Å²) in [5.41, 5.74) is 1.49. The molecule has 6 rings (SSSR count). The average Bonchev–Trinajstić information content (AvgIpc) is 3.04. The van der Waals surface area contributed by atoms with Gasteiger partial charge < -0.3 is 9.32 Å². The smallest absolute Gasteiger partial charge is 0.147 e. The van der Waals surface area contributed by atoms with Crippen LogP contribution in [-0.2, 0) is 6.54 Å². The molecule has 2 atom stereocenters. The van der Waals surface area contributed by atoms with Crippen molar-refractivity contribution in [1.82, 2.24) is 14.9 Å². The molecule has 1 aromatic carbocycles. The fourth-order valence-corrected chi connectivity index (χ4v) is 4.62. The van der Waals surface area contributed by atoms with Crippen molar-refractivity contribution in [3.05, 3.63) is 66.3 Å². The second-order valence-corrected chi connectivity index (χ2v) is 7.92. The third kappa shape index (κ3) is 3.62. The highest BCUT2D eigenvalue weighted by atomic mass is 16.3. The molecule has 0 spiro atoms. The van der Waals surface area contributed by atoms with Gasteiger partial charge in [-0.3, -0.25) is 9.88 Å². The number of hydrogen-bond acceptors (Lipinski definition) is 6. The predicted molar refractivity (Wildman–Crippen MR) is 110 cm³/mol. The van der Waals surface area contributed by atoms with Gasteiger partial charge in [0.1, 0.15) is 17.3 Å². The normalized spacial score (nSPS) is 21.7. The van der Waals surface area contributed by atoms with E-state index in [1.165, 1.54) is 12.8 Å². The van der Waals surface area contributed by atoms with Crippen molar-refractivity contribution in [3.63, 3.8) is 0 Å². The molecule has 6 nitrogen and oxygen atoms in total. The molecule has 2 aromatic heterocycles. The number of benzene rings is 1. The lowest BCUT2D eigenvalue weighted by Crippen LogP contribution is -2.43. The number of piperidine rings is 1. The van der Waals surface area contributed by atoms with Crippen LogP contribution in [0, 0.1) is 17.2 Å². The fourth-order valence-electron chi connectivity index (χ4n) is 4.62. The Kier molecular flexibility index (Phi) is 4.74. The van der Waals surface area contributed by atoms with E-state index in [-0.39, 0.29) is 0 Å². The van der Waals surface area contributed by atoms with Gasteiger partial charge in [0.2, 0.25) is 0 Å². The average molecular weight is 385 g/mol. The minimum absolute atomic E-state index is 0.482. The first-order chi connectivity index (χ1) is 14.3. The lowest BCUT2D eigenvalue weighted by atomic mass is 9.95. The number of nitriles is 1. The van der Waals surface area contributed by atoms with Crippen molar-refractivity contribution in [1.29, 1.82) is 5.26 Å². The van der Waals surface area contributed by atoms with Crippen molar-refractivity contribution < 1.29 is 4.42 Å². The van der Waals surface area contributed by atoms with Crippen LogP contribution < -0.4 is 4.90 Å². The van der Waals surface area contributed by atoms with Gasteiger partial charge in [-0.1, -0.05) is 12.1 Å². The molecule has 2 bridgehead atoms. The number of aromatic nitrogens is 2. The summed E-state index contributed by atoms with van der Waals surface area (Å²) in [6.07, 6.45) is 7.81. The Morgan fingerprint density at radius 1 is 1.07 bits per heavy atom. The minimum atomic E-state index is 0.482. The van der Waals surface area contributed by atoms with Gasteiger partial charge >= 0.3 is 0 Å². The lowest BCUT2D eigenvalue weighted by Gasteiger charge is -2.35. The maximum Gasteiger partial charge on any atom is 0.147 e. The van der Waals surface area contributed by atoms with E-state index < -0.39 is 0 Å². The zero-order valence-electron chi connectivity index (χ0n) is 16.2. The fraction of sp³-hybridized carbons (Fsp3) is 0.348. The zero-order chi connectivity index (χ0) is 19.6. The highest BCUT2D eigenvalue weighted by Crippen LogP contribution is 2.32. The third-order valence-corrected chi connectivity index (χ3v) is 6.03. The van der Waals surface area contributed by atoms with Gasteiger partial charge in [-0.05, 0) is 43.0 Å². The van der Waals surface area contributed by atoms with Crippen molar-refractivity contribution in [2.75, 3.05) is 24.5 Å². The summed E-state index contributed by atoms with van der Waals surface area (Å²) in [5, 5.41) is 9.36. The summed E-state index contributed by atoms with van der Waals surface area (Å²) in [6, 6.07) is 14.3. The van der Waals surface area contributed by atoms with E-state index in [9.17, 15) is 5.26 Å². The van der Waals surface area contributed by atoms with E-state index in [1.807, 2.05) is 42.6 Å². The summed E-state index contributed by atoms with van der Waals surface area (Å²) in [5.74, 6) is 3.31. The molecule has 29 heavy (non-hydrogen) atoms. The number of nitrogens with zero attached hydrogens (tertiary/aromatic N) is 5. The number of hydrogen-bond donors (Lipinski definition) is 0. The number of furan rings is 1. The second kappa shape index (κ2) is 7.69. The van der Waals surface area contributed by atoms with E-state index in [4.69, 9.17) is 4.42 Å². The van der Waals surface area contributed by atoms with Crippen molar-refractivity contribution in [2.24, 2.45) is 5.92 Å². The summed E-state index contributed by atoms with van der Waals surface area (Å²) in [6.45, 7) is 3.88. The van der Waals surface area contributed by atoms with Crippen LogP contribution in [-0.4, -0.2) is 40.5 Å². The van der Waals surface area contributed by atoms with Crippen molar-refractivity contribution in [2.45, 2.75) is 25.4 Å². The summed E-state index contributed by atoms with van der Waals surface area (Å²) in [7, 11) is 0. The molecule has 0 unspecified atom stereocenters. The first kappa shape index (κ1) is 17.9. The number of rotatable bonds is 4. The first-order valence-electron chi connectivity index (χ1n) is 10.1. The SMILES string of the molecule is N#Cc1ccccc1-c1ccc(CN2C[C@H]3CC[C@@H]2CN(c2cnccn2)C3)o1. The summed E-state index contributed by atoms with van der Waals surface area (Å²) < 4.78 is 6.15. The highest BCUT2D eigenvalue weighted by Gasteiger charge is 2.35. The van der Waals surface area contributed by atoms with Crippen LogP contribution >= 0.6 is 0 Å². The molecule has 0 aliphatic carbocycles. The van der Waals surface area contributed by atoms with Crippen LogP contribution in [0.25, 0.3) is 11.3 Å². The molecule has 5 heterocycles. The molecule has 3 aromatic rings. The molecular weight excluding hydrogens is 362 g/mol. The monoisotopic (exact) mass is 385 g/mol. The Morgan fingerprint density at radius 3 is 2.86 bits per heavy atom. The third-order valence-electron chi connectivity index (χ3n) is 6.03. The summed E-state index contributed by atoms with van der Waals surface area (Å²) in [4.78, 5) is 13.7. The van der Waals surface area contributed by atoms with Crippen LogP contribution in [0.5, 0.6) is 0 Å². The van der Waals surface area contributed by atoms with Gasteiger partial charge in [-0.15, -0.1) is 0 Å². The Labute approximate surface area is 170 Å². The zero-order valence-corrected chi connectivity index (χ0v) is 16.2. The highest BCUT2D eigenvalue weighted by molar-refractivity contribution is 5.66. The largest absolute Gasteiger partial charge is 0.460 e. The Morgan fingerprint density at radius 2 is 2.00 bits per heavy atom. The van der Waals surface area contributed by atoms with Gasteiger partial charge in [0.05, 0.1) is 24.4 Å². The number of fused-ring (bicyclic) bond motifs is 4. The van der Waals surface area contributed by atoms with E-state index >= 15 is 0 Å². The summed E-state index contributed by atoms with van der Waals surface area (Å²) >= 11 is 0. The van der Waals surface area contributed by atoms with Crippen LogP contribution in [0.15, 0.2) is 59.4 Å². The van der Waals surface area contributed by atoms with Crippen LogP contribution in [0.1, 0.15) is 24.2 Å². The van der Waals surface area contributed by atoms with E-state index in [0.717, 1.165) is 49.1 Å². The Hall–Kier alpha value is -3.17. The predicted octanol–water partition coefficient (Wildman–Crippen LogP) is 3.71. The van der Waals surface area contributed by atoms with Crippen LogP contribution in [0.3, 0.4) is 0 Å². The molecule has 3 aliphatic rings. The molecule has 0 N–H and O–H groups in total. The quantitative estimate of drug-likeness (QED) is 0.682. The van der Waals surface area contributed by atoms with Crippen LogP contribution in [0.2, 0.25) is 0 Å². The van der Waals surface area contributed by atoms with Gasteiger partial charge in [0, 0.05) is 43.6 Å². The van der Waals surface area contributed by atoms with E-state index in [2.05, 4.69) is 25.8 Å². The molecule has 6 heteroatoms. The Bertz CT molecular complexity index is 1030. The molecular formula is C23H23N5O. The van der Waals surface area contributed by atoms with Gasteiger partial charge in [0.15, 0.2) is 0 Å². The Balaban J connectivity index is 1.33. The standard InChI is InChI=1S/C23H23N5O/c24-11-18-3-1-2-4-21(18)22-8-7-20(29-22)16-27-13-17-5-6-19(27)15-28(14-17)23-12-25-9-10-26-23/h1-4,7-10,12,17,19H,5-6,13-16H2/t17-,19-/m1/s1. The lowest BCUT2D eigenvalue weighted by molar-refractivity contribution is 0.118. The minimum Gasteiger partial charge on any atom is -0.460 e. The molecule has 146 valence electrons. The number of anilines is 1. The van der Waals surface area contributed by atoms with Gasteiger partial charge in [0.25, 0.3) is 0 Å². The van der Waals surface area contributed by atoms with Crippen molar-refractivity contribution in [3.8, 4) is 17.4 Å². The first-order valence-corrected chi connectivity index (χ1v) is 10.1. The second-order valence-electron chi connectivity index (χ2n) is 7.92. The molecule has 3 fully saturated rings. The molecule has 0 radical (unpaired) electrons. The van der Waals surface area contributed by atoms with E-state index in [0.29, 0.717) is 17.5 Å². The molecule has 3 saturated heterocycles. The van der Waals surface area contributed by atoms with Gasteiger partial charge in [-0.25, -0.2) is 4.98 Å². The van der Waals surface area contributed by atoms with E-state index in [1.54, 1.807) is 12.4 Å². The maximum absolute atomic E-state index is 9.36. The van der Waals surface area contributed by atoms with Crippen molar-refractivity contribution >= 4 is 5.82 Å². The molecule has 0 saturated carbocycles. The van der Waals surface area contributed by atoms with Crippen LogP contribution in [0.4, 0.5) is 5.82 Å².